The summed E-state index contributed by atoms with van der Waals surface area (Å²) < 4.78 is 12.6. The van der Waals surface area contributed by atoms with Gasteiger partial charge in [-0.25, -0.2) is 9.69 Å². The van der Waals surface area contributed by atoms with Crippen molar-refractivity contribution in [3.05, 3.63) is 246 Å². The third kappa shape index (κ3) is 17.5. The molecular formula is C78H91N5O3S. The molecule has 5 aliphatic rings. The fourth-order valence-corrected chi connectivity index (χ4v) is 13.7. The molecule has 3 aliphatic carbocycles. The van der Waals surface area contributed by atoms with Crippen molar-refractivity contribution in [2.75, 3.05) is 30.3 Å². The first-order valence-electron chi connectivity index (χ1n) is 31.3. The number of nitrogens with zero attached hydrogens (tertiary/aromatic N) is 5. The lowest BCUT2D eigenvalue weighted by Crippen LogP contribution is -2.25. The Bertz CT molecular complexity index is 3570. The van der Waals surface area contributed by atoms with Gasteiger partial charge in [0.25, 0.3) is 0 Å². The highest BCUT2D eigenvalue weighted by molar-refractivity contribution is 7.99. The van der Waals surface area contributed by atoms with Crippen molar-refractivity contribution in [2.45, 2.75) is 176 Å². The summed E-state index contributed by atoms with van der Waals surface area (Å²) in [6.45, 7) is 41.7. The highest BCUT2D eigenvalue weighted by Crippen LogP contribution is 2.48. The van der Waals surface area contributed by atoms with Gasteiger partial charge in [-0.2, -0.15) is 10.5 Å². The smallest absolute Gasteiger partial charge is 0.204 e. The predicted molar refractivity (Wildman–Crippen MR) is 363 cm³/mol. The molecular weight excluding hydrogens is 1090 g/mol. The molecule has 0 spiro atoms. The summed E-state index contributed by atoms with van der Waals surface area (Å²) in [7, 11) is 0. The van der Waals surface area contributed by atoms with Crippen LogP contribution in [-0.2, 0) is 15.1 Å². The fraction of sp³-hybridized carbons (Fsp3) is 0.410. The van der Waals surface area contributed by atoms with Crippen molar-refractivity contribution in [1.29, 1.82) is 10.5 Å². The van der Waals surface area contributed by atoms with Crippen LogP contribution in [0.25, 0.3) is 21.8 Å². The third-order valence-electron chi connectivity index (χ3n) is 17.1. The largest absolute Gasteiger partial charge is 0.493 e. The first-order valence-corrected chi connectivity index (χ1v) is 32.3. The molecule has 0 aromatic heterocycles. The molecule has 8 nitrogen and oxygen atoms in total. The van der Waals surface area contributed by atoms with Gasteiger partial charge in [-0.3, -0.25) is 0 Å². The minimum atomic E-state index is -0.871. The summed E-state index contributed by atoms with van der Waals surface area (Å²) in [6, 6.07) is 28.7. The van der Waals surface area contributed by atoms with E-state index in [0.717, 1.165) is 60.2 Å². The van der Waals surface area contributed by atoms with E-state index in [1.165, 1.54) is 94.6 Å². The second-order valence-electron chi connectivity index (χ2n) is 26.0. The Labute approximate surface area is 526 Å². The van der Waals surface area contributed by atoms with Gasteiger partial charge >= 0.3 is 0 Å². The topological polar surface area (TPSA) is 98.2 Å². The second kappa shape index (κ2) is 30.2. The van der Waals surface area contributed by atoms with Gasteiger partial charge < -0.3 is 19.5 Å². The van der Waals surface area contributed by atoms with Gasteiger partial charge in [0, 0.05) is 34.8 Å². The minimum absolute atomic E-state index is 0.134. The molecule has 1 unspecified atom stereocenters. The molecule has 1 atom stereocenters. The Kier molecular flexibility index (Phi) is 23.2. The maximum atomic E-state index is 10.3. The van der Waals surface area contributed by atoms with Crippen LogP contribution in [0.3, 0.4) is 0 Å². The summed E-state index contributed by atoms with van der Waals surface area (Å²) in [5.41, 5.74) is 14.3. The number of likely N-dealkylation sites (N-methyl/N-ethyl adjacent to an activating group) is 1. The Morgan fingerprint density at radius 3 is 1.76 bits per heavy atom. The average Bonchev–Trinajstić information content (AvgIpc) is 1.73. The van der Waals surface area contributed by atoms with Crippen LogP contribution in [0.4, 0.5) is 5.69 Å². The lowest BCUT2D eigenvalue weighted by Gasteiger charge is -2.30. The number of thioether (sulfide) groups is 1. The highest BCUT2D eigenvalue weighted by Gasteiger charge is 2.43. The first kappa shape index (κ1) is 66.7. The van der Waals surface area contributed by atoms with Crippen molar-refractivity contribution in [3.63, 3.8) is 0 Å². The molecule has 8 rings (SSSR count). The Morgan fingerprint density at radius 2 is 1.23 bits per heavy atom. The van der Waals surface area contributed by atoms with E-state index in [1.807, 2.05) is 50.8 Å². The van der Waals surface area contributed by atoms with E-state index < -0.39 is 11.2 Å². The molecule has 452 valence electrons. The van der Waals surface area contributed by atoms with Crippen LogP contribution in [0.15, 0.2) is 200 Å². The second-order valence-corrected chi connectivity index (χ2v) is 27.2. The van der Waals surface area contributed by atoms with Crippen LogP contribution >= 0.6 is 11.8 Å². The number of benzene rings is 3. The molecule has 2 aliphatic heterocycles. The Morgan fingerprint density at radius 1 is 0.690 bits per heavy atom. The van der Waals surface area contributed by atoms with E-state index in [-0.39, 0.29) is 17.4 Å². The normalized spacial score (nSPS) is 22.1. The molecule has 3 aromatic carbocycles. The van der Waals surface area contributed by atoms with Crippen molar-refractivity contribution < 1.29 is 14.6 Å². The van der Waals surface area contributed by atoms with E-state index in [1.54, 1.807) is 13.8 Å². The quantitative estimate of drug-likeness (QED) is 0.0770. The van der Waals surface area contributed by atoms with Crippen LogP contribution in [-0.4, -0.2) is 36.2 Å². The lowest BCUT2D eigenvalue weighted by molar-refractivity contribution is 0.0748. The molecule has 0 amide bonds. The standard InChI is InChI=1S/C45H52N2OS.C33H39N3O2/c1-8-9-26-49-42-25-20-34(27-32(42)2)18-19-36-28-35(29-44(4,5)30-36)14-13-17-41-40(31-46)43(33(3)47-7)48-45(41,6)39-23-21-38(22-24-39)37-15-11-10-12-16-37;1-8-36(18-19-37)28-16-14-25(15-17-28)12-13-27-20-26(21-32(3,4)22-27)10-9-11-30-29(23-34)31(24(2)35-7)38-33(30,5)6/h13-14,17-25,27-28,37H,8-12,15-16,26,29-30H2,1-6H3;9-17,20,37H,8,18-19,21-22H2,1-6H3/b17-13+,19-18+,35-14-,43-33-;11-9+,13-12+,26-10-,31-24-. The molecule has 0 bridgehead atoms. The summed E-state index contributed by atoms with van der Waals surface area (Å²) >= 11 is 1.96. The van der Waals surface area contributed by atoms with Gasteiger partial charge in [0.2, 0.25) is 11.4 Å². The van der Waals surface area contributed by atoms with Crippen molar-refractivity contribution >= 4 is 29.6 Å². The number of nitriles is 2. The molecule has 1 saturated carbocycles. The van der Waals surface area contributed by atoms with E-state index in [9.17, 15) is 15.6 Å². The SMILES string of the molecule is [C-]#[N+]/C(C)=C1\OC(C)(C)C(/C=C/C=C2C=C(/C=C/c3ccc(N(CC)CCO)cc3)CC(C)(C)C/2)=C1C#N.[C-]#[N+]/C(C)=C1\OC(C)(c2ccc(C3CCCCC3)cc2)C(/C=C/C=C2C=C(/C=C/c3ccc(SCCCC)c(C)c3)CC(C)(C)C/2)=C1C#N. The number of hydrogen-bond acceptors (Lipinski definition) is 7. The van der Waals surface area contributed by atoms with Gasteiger partial charge in [0.15, 0.2) is 5.60 Å². The van der Waals surface area contributed by atoms with Crippen LogP contribution in [0.2, 0.25) is 0 Å². The van der Waals surface area contributed by atoms with Gasteiger partial charge in [-0.1, -0.05) is 182 Å². The number of anilines is 1. The maximum Gasteiger partial charge on any atom is 0.204 e. The number of aliphatic hydroxyl groups is 1. The summed E-state index contributed by atoms with van der Waals surface area (Å²) in [4.78, 5) is 10.6. The number of ether oxygens (including phenoxy) is 2. The van der Waals surface area contributed by atoms with Gasteiger partial charge in [0.1, 0.15) is 29.3 Å². The molecule has 0 saturated heterocycles. The van der Waals surface area contributed by atoms with Crippen LogP contribution < -0.4 is 4.90 Å². The number of rotatable bonds is 18. The van der Waals surface area contributed by atoms with E-state index >= 15 is 0 Å². The third-order valence-corrected chi connectivity index (χ3v) is 18.4. The first-order chi connectivity index (χ1) is 41.6. The molecule has 9 heteroatoms. The molecule has 87 heavy (non-hydrogen) atoms. The van der Waals surface area contributed by atoms with E-state index in [4.69, 9.17) is 22.6 Å². The molecule has 1 N–H and O–H groups in total. The zero-order valence-corrected chi connectivity index (χ0v) is 54.7. The van der Waals surface area contributed by atoms with Crippen LogP contribution in [0.5, 0.6) is 0 Å². The highest BCUT2D eigenvalue weighted by atomic mass is 32.2. The number of hydrogen-bond donors (Lipinski definition) is 1. The summed E-state index contributed by atoms with van der Waals surface area (Å²) in [5.74, 6) is 2.56. The number of aryl methyl sites for hydroxylation is 1. The van der Waals surface area contributed by atoms with Crippen LogP contribution in [0.1, 0.15) is 181 Å². The van der Waals surface area contributed by atoms with Gasteiger partial charge in [0.05, 0.1) is 30.9 Å². The molecule has 0 radical (unpaired) electrons. The summed E-state index contributed by atoms with van der Waals surface area (Å²) in [6.07, 6.45) is 38.6. The molecule has 1 fully saturated rings. The average molecular weight is 1180 g/mol. The zero-order valence-electron chi connectivity index (χ0n) is 53.9. The Hall–Kier alpha value is -7.79. The van der Waals surface area contributed by atoms with Crippen molar-refractivity contribution in [2.24, 2.45) is 10.8 Å². The minimum Gasteiger partial charge on any atom is -0.493 e. The Balaban J connectivity index is 0.000000257. The zero-order chi connectivity index (χ0) is 62.9. The van der Waals surface area contributed by atoms with Crippen molar-refractivity contribution in [1.82, 2.24) is 0 Å². The predicted octanol–water partition coefficient (Wildman–Crippen LogP) is 20.6. The number of allylic oxidation sites excluding steroid dienone is 16. The summed E-state index contributed by atoms with van der Waals surface area (Å²) in [5, 5.41) is 29.4. The van der Waals surface area contributed by atoms with Gasteiger partial charge in [-0.15, -0.1) is 11.8 Å². The maximum absolute atomic E-state index is 10.3. The number of aliphatic hydroxyl groups excluding tert-OH is 1. The van der Waals surface area contributed by atoms with Crippen molar-refractivity contribution in [3.8, 4) is 12.1 Å². The lowest BCUT2D eigenvalue weighted by atomic mass is 9.75. The van der Waals surface area contributed by atoms with Gasteiger partial charge in [-0.05, 0) is 184 Å². The molecule has 3 aromatic rings. The monoisotopic (exact) mass is 1180 g/mol. The fourth-order valence-electron chi connectivity index (χ4n) is 12.6. The van der Waals surface area contributed by atoms with Crippen LogP contribution in [0, 0.1) is 53.6 Å². The van der Waals surface area contributed by atoms with E-state index in [0.29, 0.717) is 46.5 Å². The molecule has 2 heterocycles. The van der Waals surface area contributed by atoms with E-state index in [2.05, 4.69) is 197 Å². The number of unbranched alkanes of at least 4 members (excludes halogenated alkanes) is 1.